The first-order chi connectivity index (χ1) is 14.9. The third-order valence-corrected chi connectivity index (χ3v) is 6.31. The van der Waals surface area contributed by atoms with E-state index < -0.39 is 0 Å². The fourth-order valence-corrected chi connectivity index (χ4v) is 5.06. The highest BCUT2D eigenvalue weighted by Crippen LogP contribution is 2.39. The molecule has 31 heavy (non-hydrogen) atoms. The van der Waals surface area contributed by atoms with Crippen molar-refractivity contribution in [2.75, 3.05) is 0 Å². The van der Waals surface area contributed by atoms with Crippen molar-refractivity contribution in [2.24, 2.45) is 5.41 Å². The Morgan fingerprint density at radius 2 is 1.48 bits per heavy atom. The molecule has 0 fully saturated rings. The summed E-state index contributed by atoms with van der Waals surface area (Å²) in [5.41, 5.74) is 5.69. The van der Waals surface area contributed by atoms with E-state index in [4.69, 9.17) is 9.40 Å². The molecule has 0 aliphatic heterocycles. The van der Waals surface area contributed by atoms with Crippen LogP contribution in [0.4, 0.5) is 0 Å². The van der Waals surface area contributed by atoms with Crippen LogP contribution in [-0.4, -0.2) is 4.98 Å². The number of hydrogen-bond donors (Lipinski definition) is 0. The summed E-state index contributed by atoms with van der Waals surface area (Å²) in [5.74, 6) is 0. The van der Waals surface area contributed by atoms with Gasteiger partial charge in [-0.25, -0.2) is 0 Å². The van der Waals surface area contributed by atoms with E-state index in [2.05, 4.69) is 88.4 Å². The Bertz CT molecular complexity index is 1650. The second kappa shape index (κ2) is 6.31. The average Bonchev–Trinajstić information content (AvgIpc) is 3.11. The molecule has 0 spiro atoms. The highest BCUT2D eigenvalue weighted by molar-refractivity contribution is 6.25. The van der Waals surface area contributed by atoms with Crippen molar-refractivity contribution < 1.29 is 4.42 Å². The number of nitrogens with zero attached hydrogens (tertiary/aromatic N) is 1. The molecule has 0 radical (unpaired) electrons. The van der Waals surface area contributed by atoms with Crippen LogP contribution in [0.3, 0.4) is 0 Å². The number of aryl methyl sites for hydroxylation is 1. The number of rotatable bonds is 1. The molecule has 0 atom stereocenters. The lowest BCUT2D eigenvalue weighted by Crippen LogP contribution is -2.08. The van der Waals surface area contributed by atoms with Crippen molar-refractivity contribution in [3.8, 4) is 0 Å². The van der Waals surface area contributed by atoms with Crippen molar-refractivity contribution in [3.63, 3.8) is 0 Å². The van der Waals surface area contributed by atoms with Gasteiger partial charge < -0.3 is 4.42 Å². The monoisotopic (exact) mass is 403 g/mol. The maximum Gasteiger partial charge on any atom is 0.154 e. The number of furan rings is 1. The minimum absolute atomic E-state index is 0.242. The fraction of sp³-hybridized carbons (Fsp3) is 0.207. The Morgan fingerprint density at radius 3 is 2.29 bits per heavy atom. The largest absolute Gasteiger partial charge is 0.454 e. The fourth-order valence-electron chi connectivity index (χ4n) is 5.06. The van der Waals surface area contributed by atoms with Gasteiger partial charge in [0.2, 0.25) is 0 Å². The zero-order valence-corrected chi connectivity index (χ0v) is 18.4. The summed E-state index contributed by atoms with van der Waals surface area (Å²) < 4.78 is 6.19. The van der Waals surface area contributed by atoms with E-state index >= 15 is 0 Å². The van der Waals surface area contributed by atoms with Gasteiger partial charge in [0.15, 0.2) is 5.58 Å². The van der Waals surface area contributed by atoms with Gasteiger partial charge in [0.05, 0.1) is 11.7 Å². The van der Waals surface area contributed by atoms with Gasteiger partial charge in [-0.1, -0.05) is 63.2 Å². The number of fused-ring (bicyclic) bond motifs is 9. The minimum atomic E-state index is 0.242. The van der Waals surface area contributed by atoms with Crippen LogP contribution in [-0.2, 0) is 6.42 Å². The maximum atomic E-state index is 6.19. The van der Waals surface area contributed by atoms with E-state index in [1.807, 2.05) is 6.20 Å². The van der Waals surface area contributed by atoms with Gasteiger partial charge in [0.1, 0.15) is 5.58 Å². The van der Waals surface area contributed by atoms with Crippen LogP contribution < -0.4 is 0 Å². The number of benzene rings is 4. The van der Waals surface area contributed by atoms with Crippen LogP contribution in [0.15, 0.2) is 71.3 Å². The highest BCUT2D eigenvalue weighted by Gasteiger charge is 2.17. The summed E-state index contributed by atoms with van der Waals surface area (Å²) >= 11 is 0. The Kier molecular flexibility index (Phi) is 3.74. The van der Waals surface area contributed by atoms with Gasteiger partial charge in [0, 0.05) is 21.5 Å². The Labute approximate surface area is 181 Å². The quantitative estimate of drug-likeness (QED) is 0.258. The Balaban J connectivity index is 1.72. The second-order valence-corrected chi connectivity index (χ2v) is 9.96. The van der Waals surface area contributed by atoms with Crippen LogP contribution in [0.25, 0.3) is 54.4 Å². The smallest absolute Gasteiger partial charge is 0.154 e. The molecule has 0 aliphatic carbocycles. The number of hydrogen-bond acceptors (Lipinski definition) is 2. The van der Waals surface area contributed by atoms with Crippen molar-refractivity contribution in [1.82, 2.24) is 4.98 Å². The standard InChI is InChI=1S/C29H25NO/c1-17-13-23-21(20-8-6-5-7-19(17)20)10-11-22-27-24-14-18(15-29(2,3)4)9-12-25(24)31-26(27)16-30-28(22)23/h5-14,16H,15H2,1-4H3. The minimum Gasteiger partial charge on any atom is -0.454 e. The van der Waals surface area contributed by atoms with Crippen molar-refractivity contribution in [1.29, 1.82) is 0 Å². The van der Waals surface area contributed by atoms with Gasteiger partial charge in [-0.15, -0.1) is 0 Å². The zero-order valence-electron chi connectivity index (χ0n) is 18.4. The van der Waals surface area contributed by atoms with E-state index in [0.29, 0.717) is 0 Å². The molecule has 0 bridgehead atoms. The van der Waals surface area contributed by atoms with E-state index in [-0.39, 0.29) is 5.41 Å². The molecule has 0 unspecified atom stereocenters. The molecule has 0 saturated heterocycles. The van der Waals surface area contributed by atoms with Crippen LogP contribution in [0.1, 0.15) is 31.9 Å². The summed E-state index contributed by atoms with van der Waals surface area (Å²) in [6.07, 6.45) is 2.93. The second-order valence-electron chi connectivity index (χ2n) is 9.96. The molecule has 6 aromatic rings. The highest BCUT2D eigenvalue weighted by atomic mass is 16.3. The van der Waals surface area contributed by atoms with Crippen LogP contribution in [0, 0.1) is 12.3 Å². The molecular weight excluding hydrogens is 378 g/mol. The lowest BCUT2D eigenvalue weighted by atomic mass is 9.87. The molecule has 152 valence electrons. The molecule has 2 heterocycles. The van der Waals surface area contributed by atoms with Gasteiger partial charge >= 0.3 is 0 Å². The Hall–Kier alpha value is -3.39. The van der Waals surface area contributed by atoms with Gasteiger partial charge in [-0.2, -0.15) is 0 Å². The molecule has 2 nitrogen and oxygen atoms in total. The van der Waals surface area contributed by atoms with Crippen LogP contribution >= 0.6 is 0 Å². The lowest BCUT2D eigenvalue weighted by Gasteiger charge is -2.17. The van der Waals surface area contributed by atoms with E-state index in [0.717, 1.165) is 28.5 Å². The predicted octanol–water partition coefficient (Wildman–Crippen LogP) is 8.34. The van der Waals surface area contributed by atoms with E-state index in [9.17, 15) is 0 Å². The van der Waals surface area contributed by atoms with Gasteiger partial charge in [0.25, 0.3) is 0 Å². The molecule has 0 aliphatic rings. The molecule has 4 aromatic carbocycles. The lowest BCUT2D eigenvalue weighted by molar-refractivity contribution is 0.411. The maximum absolute atomic E-state index is 6.19. The van der Waals surface area contributed by atoms with E-state index in [1.165, 1.54) is 43.4 Å². The molecule has 2 heteroatoms. The van der Waals surface area contributed by atoms with Crippen molar-refractivity contribution in [3.05, 3.63) is 78.0 Å². The molecule has 0 saturated carbocycles. The van der Waals surface area contributed by atoms with Gasteiger partial charge in [-0.3, -0.25) is 4.98 Å². The SMILES string of the molecule is Cc1cc2c(ccc3c2ncc2oc4ccc(CC(C)(C)C)cc4c23)c2ccccc12. The van der Waals surface area contributed by atoms with Gasteiger partial charge in [-0.05, 0) is 64.2 Å². The molecular formula is C29H25NO. The third-order valence-electron chi connectivity index (χ3n) is 6.31. The first-order valence-corrected chi connectivity index (χ1v) is 10.9. The summed E-state index contributed by atoms with van der Waals surface area (Å²) in [6, 6.07) is 22.0. The molecule has 2 aromatic heterocycles. The topological polar surface area (TPSA) is 26.0 Å². The van der Waals surface area contributed by atoms with E-state index in [1.54, 1.807) is 0 Å². The van der Waals surface area contributed by atoms with Crippen molar-refractivity contribution in [2.45, 2.75) is 34.1 Å². The number of aromatic nitrogens is 1. The Morgan fingerprint density at radius 1 is 0.742 bits per heavy atom. The normalized spacial score (nSPS) is 12.6. The summed E-state index contributed by atoms with van der Waals surface area (Å²) in [4.78, 5) is 4.87. The summed E-state index contributed by atoms with van der Waals surface area (Å²) in [5, 5.41) is 8.55. The van der Waals surface area contributed by atoms with Crippen LogP contribution in [0.5, 0.6) is 0 Å². The third kappa shape index (κ3) is 2.82. The first-order valence-electron chi connectivity index (χ1n) is 10.9. The number of pyridine rings is 1. The first kappa shape index (κ1) is 18.4. The molecule has 0 amide bonds. The predicted molar refractivity (Wildman–Crippen MR) is 132 cm³/mol. The zero-order chi connectivity index (χ0) is 21.3. The summed E-state index contributed by atoms with van der Waals surface area (Å²) in [7, 11) is 0. The average molecular weight is 404 g/mol. The molecule has 0 N–H and O–H groups in total. The molecule has 6 rings (SSSR count). The van der Waals surface area contributed by atoms with Crippen molar-refractivity contribution >= 4 is 54.4 Å². The summed E-state index contributed by atoms with van der Waals surface area (Å²) in [6.45, 7) is 9.03. The van der Waals surface area contributed by atoms with Crippen LogP contribution in [0.2, 0.25) is 0 Å².